The van der Waals surface area contributed by atoms with Gasteiger partial charge in [-0.3, -0.25) is 4.79 Å². The molecule has 0 rings (SSSR count). The van der Waals surface area contributed by atoms with E-state index in [0.717, 1.165) is 0 Å². The summed E-state index contributed by atoms with van der Waals surface area (Å²) in [4.78, 5) is 8.36. The standard InChI is InChI=1S/CH2O2.H2N.Ni/c2-1-3;;/h1H,(H,2,3);1H2;/q;-1;. The maximum atomic E-state index is 8.36. The molecule has 5 heavy (non-hydrogen) atoms. The van der Waals surface area contributed by atoms with Crippen molar-refractivity contribution in [1.29, 1.82) is 0 Å². The summed E-state index contributed by atoms with van der Waals surface area (Å²) < 4.78 is 0. The van der Waals surface area contributed by atoms with Crippen LogP contribution in [0.4, 0.5) is 0 Å². The zero-order valence-corrected chi connectivity index (χ0v) is 3.31. The molecule has 0 aromatic rings. The molecule has 36 valence electrons. The maximum Gasteiger partial charge on any atom is 0.290 e. The number of rotatable bonds is 0. The predicted octanol–water partition coefficient (Wildman–Crippen LogP) is 0.415. The molecule has 0 fully saturated rings. The Morgan fingerprint density at radius 2 is 1.60 bits per heavy atom. The van der Waals surface area contributed by atoms with Crippen LogP contribution in [-0.4, -0.2) is 11.6 Å². The van der Waals surface area contributed by atoms with Crippen LogP contribution in [-0.2, 0) is 21.3 Å². The molecule has 0 saturated heterocycles. The number of hydrogen-bond donors (Lipinski definition) is 1. The summed E-state index contributed by atoms with van der Waals surface area (Å²) in [6.45, 7) is -0.250. The summed E-state index contributed by atoms with van der Waals surface area (Å²) in [6, 6.07) is 0. The first-order chi connectivity index (χ1) is 1.41. The average molecular weight is 121 g/mol. The van der Waals surface area contributed by atoms with E-state index in [9.17, 15) is 0 Å². The van der Waals surface area contributed by atoms with Gasteiger partial charge in [0, 0.05) is 16.5 Å². The fourth-order valence-corrected chi connectivity index (χ4v) is 0. The Morgan fingerprint density at radius 3 is 1.60 bits per heavy atom. The van der Waals surface area contributed by atoms with Crippen molar-refractivity contribution in [1.82, 2.24) is 0 Å². The van der Waals surface area contributed by atoms with Gasteiger partial charge in [0.15, 0.2) is 0 Å². The second-order valence-electron chi connectivity index (χ2n) is 0.105. The van der Waals surface area contributed by atoms with Gasteiger partial charge in [-0.05, 0) is 0 Å². The van der Waals surface area contributed by atoms with E-state index >= 15 is 0 Å². The Kier molecular flexibility index (Phi) is 161. The van der Waals surface area contributed by atoms with Crippen molar-refractivity contribution in [2.24, 2.45) is 0 Å². The topological polar surface area (TPSA) is 70.8 Å². The molecule has 0 aromatic heterocycles. The molecule has 0 saturated carbocycles. The van der Waals surface area contributed by atoms with Gasteiger partial charge in [-0.1, -0.05) is 0 Å². The Bertz CT molecular complexity index is 17.1. The minimum atomic E-state index is -0.250. The minimum Gasteiger partial charge on any atom is -0.693 e. The molecule has 0 aliphatic rings. The first-order valence-corrected chi connectivity index (χ1v) is 0.494. The molecule has 3 nitrogen and oxygen atoms in total. The van der Waals surface area contributed by atoms with Gasteiger partial charge >= 0.3 is 0 Å². The predicted molar refractivity (Wildman–Crippen MR) is 14.0 cm³/mol. The normalized spacial score (nSPS) is 2.40. The zero-order chi connectivity index (χ0) is 2.71. The molecule has 0 aromatic carbocycles. The van der Waals surface area contributed by atoms with E-state index in [1.807, 2.05) is 0 Å². The summed E-state index contributed by atoms with van der Waals surface area (Å²) in [5.74, 6) is 0. The van der Waals surface area contributed by atoms with Crippen LogP contribution < -0.4 is 0 Å². The van der Waals surface area contributed by atoms with Gasteiger partial charge in [0.05, 0.1) is 0 Å². The van der Waals surface area contributed by atoms with Crippen LogP contribution in [0.3, 0.4) is 0 Å². The van der Waals surface area contributed by atoms with Gasteiger partial charge in [0.1, 0.15) is 0 Å². The van der Waals surface area contributed by atoms with Crippen molar-refractivity contribution in [2.75, 3.05) is 0 Å². The van der Waals surface area contributed by atoms with Gasteiger partial charge in [0.2, 0.25) is 0 Å². The Balaban J connectivity index is -0.0000000200. The van der Waals surface area contributed by atoms with Crippen molar-refractivity contribution < 1.29 is 26.4 Å². The van der Waals surface area contributed by atoms with Gasteiger partial charge in [0.25, 0.3) is 6.47 Å². The molecule has 0 aliphatic carbocycles. The van der Waals surface area contributed by atoms with E-state index in [4.69, 9.17) is 9.90 Å². The van der Waals surface area contributed by atoms with Crippen LogP contribution in [0.15, 0.2) is 0 Å². The summed E-state index contributed by atoms with van der Waals surface area (Å²) in [5, 5.41) is 6.89. The first-order valence-electron chi connectivity index (χ1n) is 0.494. The molecule has 0 spiro atoms. The summed E-state index contributed by atoms with van der Waals surface area (Å²) in [5.41, 5.74) is 0. The number of hydrogen-bond acceptors (Lipinski definition) is 1. The largest absolute Gasteiger partial charge is 0.693 e. The molecule has 0 unspecified atom stereocenters. The van der Waals surface area contributed by atoms with Crippen LogP contribution in [0.5, 0.6) is 0 Å². The monoisotopic (exact) mass is 120 g/mol. The van der Waals surface area contributed by atoms with Crippen molar-refractivity contribution >= 4 is 6.47 Å². The molecule has 4 heteroatoms. The summed E-state index contributed by atoms with van der Waals surface area (Å²) in [7, 11) is 0. The van der Waals surface area contributed by atoms with Crippen LogP contribution in [0, 0.1) is 0 Å². The third-order valence-corrected chi connectivity index (χ3v) is 0. The SMILES string of the molecule is O=CO.[NH2-].[Ni]. The Labute approximate surface area is 39.9 Å². The van der Waals surface area contributed by atoms with Crippen molar-refractivity contribution in [3.8, 4) is 0 Å². The molecule has 0 radical (unpaired) electrons. The second kappa shape index (κ2) is 39.3. The van der Waals surface area contributed by atoms with E-state index in [0.29, 0.717) is 0 Å². The van der Waals surface area contributed by atoms with Gasteiger partial charge in [-0.25, -0.2) is 0 Å². The van der Waals surface area contributed by atoms with E-state index in [1.54, 1.807) is 0 Å². The van der Waals surface area contributed by atoms with E-state index in [-0.39, 0.29) is 29.1 Å². The number of carbonyl (C=O) groups is 1. The first kappa shape index (κ1) is 20.5. The third-order valence-electron chi connectivity index (χ3n) is 0. The molecule has 3 N–H and O–H groups in total. The van der Waals surface area contributed by atoms with E-state index in [1.165, 1.54) is 0 Å². The molecule has 0 heterocycles. The molecular weight excluding hydrogens is 117 g/mol. The maximum absolute atomic E-state index is 8.36. The van der Waals surface area contributed by atoms with Crippen LogP contribution in [0.25, 0.3) is 6.15 Å². The van der Waals surface area contributed by atoms with Crippen LogP contribution >= 0.6 is 0 Å². The Hall–Kier alpha value is -0.0765. The van der Waals surface area contributed by atoms with Gasteiger partial charge in [-0.15, -0.1) is 0 Å². The smallest absolute Gasteiger partial charge is 0.290 e. The van der Waals surface area contributed by atoms with Crippen LogP contribution in [0.1, 0.15) is 0 Å². The van der Waals surface area contributed by atoms with E-state index < -0.39 is 0 Å². The fourth-order valence-electron chi connectivity index (χ4n) is 0. The van der Waals surface area contributed by atoms with E-state index in [2.05, 4.69) is 0 Å². The molecule has 0 atom stereocenters. The minimum absolute atomic E-state index is 0. The average Bonchev–Trinajstić information content (AvgIpc) is 0.918. The molecule has 0 aliphatic heterocycles. The third kappa shape index (κ3) is 2480. The van der Waals surface area contributed by atoms with Crippen molar-refractivity contribution in [3.05, 3.63) is 6.15 Å². The Morgan fingerprint density at radius 1 is 1.60 bits per heavy atom. The fraction of sp³-hybridized carbons (Fsp3) is 0. The molecule has 0 amide bonds. The zero-order valence-electron chi connectivity index (χ0n) is 2.33. The number of nitrogens with two attached hydrogens (primary N) is 1. The second-order valence-corrected chi connectivity index (χ2v) is 0.105. The molecule has 0 bridgehead atoms. The van der Waals surface area contributed by atoms with Crippen molar-refractivity contribution in [3.63, 3.8) is 0 Å². The van der Waals surface area contributed by atoms with Crippen molar-refractivity contribution in [2.45, 2.75) is 0 Å². The van der Waals surface area contributed by atoms with Gasteiger partial charge in [-0.2, -0.15) is 0 Å². The van der Waals surface area contributed by atoms with Gasteiger partial charge < -0.3 is 11.3 Å². The quantitative estimate of drug-likeness (QED) is 0.372. The number of carboxylic acid groups (broad SMARTS) is 1. The summed E-state index contributed by atoms with van der Waals surface area (Å²) >= 11 is 0. The van der Waals surface area contributed by atoms with Crippen LogP contribution in [0.2, 0.25) is 0 Å². The summed E-state index contributed by atoms with van der Waals surface area (Å²) in [6.07, 6.45) is 0. The molecular formula is CH4NNiO2-.